The van der Waals surface area contributed by atoms with Gasteiger partial charge in [-0.15, -0.1) is 21.5 Å². The van der Waals surface area contributed by atoms with Crippen molar-refractivity contribution in [3.63, 3.8) is 0 Å². The fourth-order valence-electron chi connectivity index (χ4n) is 3.25. The molecule has 0 saturated heterocycles. The molecule has 2 aromatic carbocycles. The zero-order chi connectivity index (χ0) is 25.7. The minimum Gasteiger partial charge on any atom is -0.345 e. The van der Waals surface area contributed by atoms with Crippen LogP contribution in [0.25, 0.3) is 11.3 Å². The van der Waals surface area contributed by atoms with Crippen LogP contribution in [0, 0.1) is 6.92 Å². The molecule has 8 nitrogen and oxygen atoms in total. The van der Waals surface area contributed by atoms with E-state index in [0.29, 0.717) is 38.3 Å². The lowest BCUT2D eigenvalue weighted by molar-refractivity contribution is -0.113. The number of halogens is 2. The number of benzene rings is 2. The number of hydrogen-bond acceptors (Lipinski definition) is 7. The number of hydrogen-bond donors (Lipinski definition) is 2. The zero-order valence-electron chi connectivity index (χ0n) is 19.4. The van der Waals surface area contributed by atoms with Crippen LogP contribution in [0.5, 0.6) is 0 Å². The first kappa shape index (κ1) is 26.2. The molecule has 2 heterocycles. The van der Waals surface area contributed by atoms with Crippen LogP contribution in [0.2, 0.25) is 10.0 Å². The molecule has 0 fully saturated rings. The van der Waals surface area contributed by atoms with Crippen LogP contribution in [0.1, 0.15) is 28.7 Å². The predicted octanol–water partition coefficient (Wildman–Crippen LogP) is 5.70. The van der Waals surface area contributed by atoms with Gasteiger partial charge < -0.3 is 15.2 Å². The number of rotatable bonds is 9. The lowest BCUT2D eigenvalue weighted by atomic mass is 10.1. The third-order valence-corrected chi connectivity index (χ3v) is 7.59. The van der Waals surface area contributed by atoms with E-state index in [1.165, 1.54) is 34.7 Å². The third kappa shape index (κ3) is 6.44. The van der Waals surface area contributed by atoms with Crippen LogP contribution >= 0.6 is 46.3 Å². The Kier molecular flexibility index (Phi) is 8.63. The Morgan fingerprint density at radius 1 is 1.08 bits per heavy atom. The molecular formula is C24H22Cl2N6O2S2. The maximum atomic E-state index is 12.5. The predicted molar refractivity (Wildman–Crippen MR) is 145 cm³/mol. The van der Waals surface area contributed by atoms with Gasteiger partial charge in [-0.1, -0.05) is 64.8 Å². The number of thiazole rings is 1. The largest absolute Gasteiger partial charge is 0.345 e. The topological polar surface area (TPSA) is 102 Å². The lowest BCUT2D eigenvalue weighted by Gasteiger charge is -2.09. The van der Waals surface area contributed by atoms with Crippen LogP contribution in [0.4, 0.5) is 5.13 Å². The fourth-order valence-corrected chi connectivity index (χ4v) is 5.10. The van der Waals surface area contributed by atoms with E-state index < -0.39 is 0 Å². The Morgan fingerprint density at radius 3 is 2.58 bits per heavy atom. The molecule has 2 amide bonds. The summed E-state index contributed by atoms with van der Waals surface area (Å²) in [6.45, 7) is 4.74. The summed E-state index contributed by atoms with van der Waals surface area (Å²) in [5, 5.41) is 17.7. The number of carbonyl (C=O) groups is 2. The molecule has 0 unspecified atom stereocenters. The van der Waals surface area contributed by atoms with Gasteiger partial charge in [0.15, 0.2) is 16.1 Å². The van der Waals surface area contributed by atoms with Gasteiger partial charge >= 0.3 is 0 Å². The number of amides is 2. The highest BCUT2D eigenvalue weighted by atomic mass is 35.5. The van der Waals surface area contributed by atoms with Gasteiger partial charge in [-0.3, -0.25) is 9.59 Å². The maximum absolute atomic E-state index is 12.5. The molecule has 4 rings (SSSR count). The van der Waals surface area contributed by atoms with E-state index in [1.54, 1.807) is 12.1 Å². The molecule has 0 aliphatic rings. The summed E-state index contributed by atoms with van der Waals surface area (Å²) >= 11 is 14.6. The quantitative estimate of drug-likeness (QED) is 0.255. The van der Waals surface area contributed by atoms with Crippen molar-refractivity contribution in [2.45, 2.75) is 32.1 Å². The Morgan fingerprint density at radius 2 is 1.86 bits per heavy atom. The summed E-state index contributed by atoms with van der Waals surface area (Å²) in [5.74, 6) is 0.232. The van der Waals surface area contributed by atoms with Crippen LogP contribution in [-0.2, 0) is 17.9 Å². The Hall–Kier alpha value is -2.92. The van der Waals surface area contributed by atoms with E-state index in [1.807, 2.05) is 48.1 Å². The molecule has 0 spiro atoms. The van der Waals surface area contributed by atoms with E-state index in [4.69, 9.17) is 23.2 Å². The number of thioether (sulfide) groups is 1. The summed E-state index contributed by atoms with van der Waals surface area (Å²) < 4.78 is 1.85. The molecule has 0 bridgehead atoms. The molecule has 12 heteroatoms. The second-order valence-electron chi connectivity index (χ2n) is 7.70. The molecule has 0 saturated carbocycles. The summed E-state index contributed by atoms with van der Waals surface area (Å²) in [7, 11) is 0. The van der Waals surface area contributed by atoms with Gasteiger partial charge in [0.1, 0.15) is 0 Å². The molecule has 0 radical (unpaired) electrons. The van der Waals surface area contributed by atoms with Gasteiger partial charge in [0.2, 0.25) is 5.91 Å². The molecule has 2 aromatic heterocycles. The van der Waals surface area contributed by atoms with Crippen molar-refractivity contribution in [2.24, 2.45) is 0 Å². The minimum atomic E-state index is -0.304. The molecule has 186 valence electrons. The Labute approximate surface area is 226 Å². The van der Waals surface area contributed by atoms with Crippen molar-refractivity contribution in [3.8, 4) is 11.3 Å². The summed E-state index contributed by atoms with van der Waals surface area (Å²) in [6, 6.07) is 12.8. The molecule has 0 atom stereocenters. The molecule has 4 aromatic rings. The van der Waals surface area contributed by atoms with Gasteiger partial charge in [-0.2, -0.15) is 0 Å². The average Bonchev–Trinajstić information content (AvgIpc) is 3.49. The SMILES string of the molecule is CCn1c(CNC(=O)c2ccc(Cl)c(Cl)c2)nnc1SCC(=O)Nc1nc(-c2ccc(C)cc2)cs1. The van der Waals surface area contributed by atoms with Gasteiger partial charge in [-0.05, 0) is 32.0 Å². The molecule has 0 aliphatic carbocycles. The van der Waals surface area contributed by atoms with Gasteiger partial charge in [-0.25, -0.2) is 4.98 Å². The van der Waals surface area contributed by atoms with Gasteiger partial charge in [0.25, 0.3) is 5.91 Å². The van der Waals surface area contributed by atoms with E-state index in [9.17, 15) is 9.59 Å². The second-order valence-corrected chi connectivity index (χ2v) is 10.3. The van der Waals surface area contributed by atoms with Crippen molar-refractivity contribution in [1.29, 1.82) is 0 Å². The van der Waals surface area contributed by atoms with E-state index in [2.05, 4.69) is 25.8 Å². The van der Waals surface area contributed by atoms with E-state index >= 15 is 0 Å². The number of aryl methyl sites for hydroxylation is 1. The number of anilines is 1. The van der Waals surface area contributed by atoms with Crippen molar-refractivity contribution in [1.82, 2.24) is 25.1 Å². The summed E-state index contributed by atoms with van der Waals surface area (Å²) in [5.41, 5.74) is 3.39. The zero-order valence-corrected chi connectivity index (χ0v) is 22.6. The standard InChI is InChI=1S/C24H22Cl2N6O2S2/c1-3-32-20(11-27-22(34)16-8-9-17(25)18(26)10-16)30-31-24(32)36-13-21(33)29-23-28-19(12-35-23)15-6-4-14(2)5-7-15/h4-10,12H,3,11,13H2,1-2H3,(H,27,34)(H,28,29,33). The Balaban J connectivity index is 1.31. The number of nitrogens with zero attached hydrogens (tertiary/aromatic N) is 4. The minimum absolute atomic E-state index is 0.146. The molecule has 0 aliphatic heterocycles. The lowest BCUT2D eigenvalue weighted by Crippen LogP contribution is -2.24. The van der Waals surface area contributed by atoms with Crippen LogP contribution < -0.4 is 10.6 Å². The van der Waals surface area contributed by atoms with Crippen LogP contribution in [-0.4, -0.2) is 37.3 Å². The van der Waals surface area contributed by atoms with E-state index in [-0.39, 0.29) is 24.1 Å². The first-order valence-electron chi connectivity index (χ1n) is 10.9. The smallest absolute Gasteiger partial charge is 0.251 e. The second kappa shape index (κ2) is 11.9. The highest BCUT2D eigenvalue weighted by Gasteiger charge is 2.16. The summed E-state index contributed by atoms with van der Waals surface area (Å²) in [6.07, 6.45) is 0. The molecule has 36 heavy (non-hydrogen) atoms. The normalized spacial score (nSPS) is 10.9. The first-order chi connectivity index (χ1) is 17.3. The van der Waals surface area contributed by atoms with Gasteiger partial charge in [0, 0.05) is 23.1 Å². The van der Waals surface area contributed by atoms with Crippen molar-refractivity contribution in [2.75, 3.05) is 11.1 Å². The highest BCUT2D eigenvalue weighted by Crippen LogP contribution is 2.26. The fraction of sp³-hybridized carbons (Fsp3) is 0.208. The Bertz CT molecular complexity index is 1390. The number of nitrogens with one attached hydrogen (secondary N) is 2. The molecule has 2 N–H and O–H groups in total. The average molecular weight is 562 g/mol. The maximum Gasteiger partial charge on any atom is 0.251 e. The first-order valence-corrected chi connectivity index (χ1v) is 13.6. The van der Waals surface area contributed by atoms with Crippen molar-refractivity contribution >= 4 is 63.2 Å². The van der Waals surface area contributed by atoms with E-state index in [0.717, 1.165) is 11.3 Å². The third-order valence-electron chi connectivity index (χ3n) is 5.13. The van der Waals surface area contributed by atoms with Crippen LogP contribution in [0.3, 0.4) is 0 Å². The summed E-state index contributed by atoms with van der Waals surface area (Å²) in [4.78, 5) is 29.5. The number of carbonyl (C=O) groups excluding carboxylic acids is 2. The monoisotopic (exact) mass is 560 g/mol. The van der Waals surface area contributed by atoms with Crippen molar-refractivity contribution < 1.29 is 9.59 Å². The van der Waals surface area contributed by atoms with Crippen LogP contribution in [0.15, 0.2) is 53.0 Å². The highest BCUT2D eigenvalue weighted by molar-refractivity contribution is 7.99. The molecular weight excluding hydrogens is 539 g/mol. The van der Waals surface area contributed by atoms with Gasteiger partial charge in [0.05, 0.1) is 28.0 Å². The van der Waals surface area contributed by atoms with Crippen molar-refractivity contribution in [3.05, 3.63) is 74.8 Å². The number of aromatic nitrogens is 4.